The fourth-order valence-electron chi connectivity index (χ4n) is 3.94. The summed E-state index contributed by atoms with van der Waals surface area (Å²) in [4.78, 5) is 28.9. The lowest BCUT2D eigenvalue weighted by Crippen LogP contribution is -2.50. The number of para-hydroxylation sites is 1. The Bertz CT molecular complexity index is 910. The van der Waals surface area contributed by atoms with Crippen LogP contribution in [0.5, 0.6) is 5.75 Å². The van der Waals surface area contributed by atoms with Crippen molar-refractivity contribution < 1.29 is 27.5 Å². The summed E-state index contributed by atoms with van der Waals surface area (Å²) in [6, 6.07) is 13.8. The number of hydrogen-bond acceptors (Lipinski definition) is 3. The van der Waals surface area contributed by atoms with E-state index in [0.717, 1.165) is 6.07 Å². The second-order valence-electron chi connectivity index (χ2n) is 7.76. The molecule has 0 N–H and O–H groups in total. The van der Waals surface area contributed by atoms with Gasteiger partial charge in [-0.2, -0.15) is 13.2 Å². The molecule has 2 aromatic rings. The van der Waals surface area contributed by atoms with Crippen LogP contribution in [0.4, 0.5) is 13.2 Å². The van der Waals surface area contributed by atoms with E-state index in [9.17, 15) is 22.8 Å². The van der Waals surface area contributed by atoms with Gasteiger partial charge in [0.05, 0.1) is 5.56 Å². The van der Waals surface area contributed by atoms with Gasteiger partial charge in [0.2, 0.25) is 0 Å². The molecule has 3 rings (SSSR count). The Morgan fingerprint density at radius 3 is 2.28 bits per heavy atom. The van der Waals surface area contributed by atoms with E-state index in [2.05, 4.69) is 0 Å². The number of nitrogens with zero attached hydrogens (tertiary/aromatic N) is 2. The fraction of sp³-hybridized carbons (Fsp3) is 0.417. The fourth-order valence-corrected chi connectivity index (χ4v) is 3.94. The van der Waals surface area contributed by atoms with Crippen molar-refractivity contribution in [3.8, 4) is 5.75 Å². The molecular weight excluding hydrogens is 421 g/mol. The first kappa shape index (κ1) is 23.6. The van der Waals surface area contributed by atoms with Gasteiger partial charge in [-0.15, -0.1) is 0 Å². The summed E-state index contributed by atoms with van der Waals surface area (Å²) in [5.74, 6) is -0.741. The number of ether oxygens (including phenoxy) is 1. The Hall–Kier alpha value is -3.03. The van der Waals surface area contributed by atoms with Crippen LogP contribution in [0, 0.1) is 0 Å². The van der Waals surface area contributed by atoms with Crippen LogP contribution >= 0.6 is 0 Å². The molecule has 172 valence electrons. The monoisotopic (exact) mass is 448 g/mol. The minimum Gasteiger partial charge on any atom is -0.483 e. The van der Waals surface area contributed by atoms with Crippen molar-refractivity contribution in [1.29, 1.82) is 0 Å². The molecule has 8 heteroatoms. The van der Waals surface area contributed by atoms with Crippen LogP contribution in [0.2, 0.25) is 0 Å². The zero-order valence-corrected chi connectivity index (χ0v) is 18.0. The predicted molar refractivity (Wildman–Crippen MR) is 114 cm³/mol. The number of rotatable bonds is 7. The SMILES string of the molecule is CCCN(C(=O)COc1ccccc1C(F)(F)F)C1CCN(C(=O)c2ccccc2)CC1. The molecule has 1 saturated heterocycles. The molecule has 0 bridgehead atoms. The summed E-state index contributed by atoms with van der Waals surface area (Å²) >= 11 is 0. The molecule has 0 radical (unpaired) electrons. The molecule has 0 aromatic heterocycles. The number of benzene rings is 2. The van der Waals surface area contributed by atoms with Crippen molar-refractivity contribution in [1.82, 2.24) is 9.80 Å². The average Bonchev–Trinajstić information content (AvgIpc) is 2.81. The number of piperidine rings is 1. The lowest BCUT2D eigenvalue weighted by atomic mass is 10.0. The highest BCUT2D eigenvalue weighted by Crippen LogP contribution is 2.35. The van der Waals surface area contributed by atoms with Crippen LogP contribution in [-0.4, -0.2) is 53.9 Å². The lowest BCUT2D eigenvalue weighted by molar-refractivity contribution is -0.142. The highest BCUT2D eigenvalue weighted by molar-refractivity contribution is 5.94. The summed E-state index contributed by atoms with van der Waals surface area (Å²) in [6.07, 6.45) is -2.61. The van der Waals surface area contributed by atoms with E-state index >= 15 is 0 Å². The quantitative estimate of drug-likeness (QED) is 0.621. The number of halogens is 3. The first-order chi connectivity index (χ1) is 15.3. The summed E-state index contributed by atoms with van der Waals surface area (Å²) in [5, 5.41) is 0. The summed E-state index contributed by atoms with van der Waals surface area (Å²) in [5.41, 5.74) is -0.272. The van der Waals surface area contributed by atoms with Crippen LogP contribution in [-0.2, 0) is 11.0 Å². The third kappa shape index (κ3) is 5.81. The predicted octanol–water partition coefficient (Wildman–Crippen LogP) is 4.63. The van der Waals surface area contributed by atoms with Gasteiger partial charge in [-0.05, 0) is 43.5 Å². The van der Waals surface area contributed by atoms with Crippen molar-refractivity contribution in [2.75, 3.05) is 26.2 Å². The van der Waals surface area contributed by atoms with E-state index in [-0.39, 0.29) is 23.6 Å². The zero-order valence-electron chi connectivity index (χ0n) is 18.0. The van der Waals surface area contributed by atoms with Gasteiger partial charge >= 0.3 is 6.18 Å². The Labute approximate surface area is 185 Å². The number of carbonyl (C=O) groups excluding carboxylic acids is 2. The van der Waals surface area contributed by atoms with Crippen molar-refractivity contribution in [3.05, 3.63) is 65.7 Å². The number of amides is 2. The normalized spacial score (nSPS) is 14.8. The minimum absolute atomic E-state index is 0.0375. The molecule has 0 aliphatic carbocycles. The molecule has 2 amide bonds. The van der Waals surface area contributed by atoms with Gasteiger partial charge in [-0.25, -0.2) is 0 Å². The maximum absolute atomic E-state index is 13.2. The Balaban J connectivity index is 1.60. The Morgan fingerprint density at radius 2 is 1.66 bits per heavy atom. The van der Waals surface area contributed by atoms with Gasteiger partial charge in [0.25, 0.3) is 11.8 Å². The maximum Gasteiger partial charge on any atom is 0.419 e. The molecule has 32 heavy (non-hydrogen) atoms. The molecule has 5 nitrogen and oxygen atoms in total. The molecule has 2 aromatic carbocycles. The number of likely N-dealkylation sites (tertiary alicyclic amines) is 1. The third-order valence-electron chi connectivity index (χ3n) is 5.54. The molecule has 1 heterocycles. The van der Waals surface area contributed by atoms with E-state index in [1.807, 2.05) is 25.1 Å². The van der Waals surface area contributed by atoms with Gasteiger partial charge in [0.1, 0.15) is 5.75 Å². The van der Waals surface area contributed by atoms with Crippen LogP contribution in [0.25, 0.3) is 0 Å². The lowest BCUT2D eigenvalue weighted by Gasteiger charge is -2.38. The van der Waals surface area contributed by atoms with Crippen molar-refractivity contribution in [2.45, 2.75) is 38.4 Å². The van der Waals surface area contributed by atoms with Crippen LogP contribution in [0.3, 0.4) is 0 Å². The van der Waals surface area contributed by atoms with E-state index in [1.54, 1.807) is 21.9 Å². The van der Waals surface area contributed by atoms with Crippen LogP contribution < -0.4 is 4.74 Å². The third-order valence-corrected chi connectivity index (χ3v) is 5.54. The molecular formula is C24H27F3N2O3. The van der Waals surface area contributed by atoms with E-state index in [1.165, 1.54) is 18.2 Å². The standard InChI is InChI=1S/C24H27F3N2O3/c1-2-14-29(22(30)17-32-21-11-7-6-10-20(21)24(25,26)27)19-12-15-28(16-13-19)23(31)18-8-4-3-5-9-18/h3-11,19H,2,12-17H2,1H3. The molecule has 0 atom stereocenters. The Morgan fingerprint density at radius 1 is 1.03 bits per heavy atom. The van der Waals surface area contributed by atoms with E-state index in [4.69, 9.17) is 4.74 Å². The molecule has 0 unspecified atom stereocenters. The largest absolute Gasteiger partial charge is 0.483 e. The minimum atomic E-state index is -4.55. The number of hydrogen-bond donors (Lipinski definition) is 0. The number of carbonyl (C=O) groups is 2. The highest BCUT2D eigenvalue weighted by atomic mass is 19.4. The summed E-state index contributed by atoms with van der Waals surface area (Å²) in [7, 11) is 0. The smallest absolute Gasteiger partial charge is 0.419 e. The van der Waals surface area contributed by atoms with Gasteiger partial charge in [0.15, 0.2) is 6.61 Å². The maximum atomic E-state index is 13.2. The van der Waals surface area contributed by atoms with Gasteiger partial charge in [0, 0.05) is 31.2 Å². The zero-order chi connectivity index (χ0) is 23.1. The van der Waals surface area contributed by atoms with E-state index in [0.29, 0.717) is 44.5 Å². The molecule has 1 fully saturated rings. The van der Waals surface area contributed by atoms with Gasteiger partial charge < -0.3 is 14.5 Å². The van der Waals surface area contributed by atoms with Gasteiger partial charge in [-0.1, -0.05) is 37.3 Å². The first-order valence-electron chi connectivity index (χ1n) is 10.7. The highest BCUT2D eigenvalue weighted by Gasteiger charge is 2.35. The summed E-state index contributed by atoms with van der Waals surface area (Å²) in [6.45, 7) is 3.00. The van der Waals surface area contributed by atoms with E-state index < -0.39 is 18.3 Å². The topological polar surface area (TPSA) is 49.9 Å². The van der Waals surface area contributed by atoms with Crippen LogP contribution in [0.1, 0.15) is 42.1 Å². The number of alkyl halides is 3. The first-order valence-corrected chi connectivity index (χ1v) is 10.7. The van der Waals surface area contributed by atoms with Crippen molar-refractivity contribution in [3.63, 3.8) is 0 Å². The molecule has 1 aliphatic heterocycles. The second kappa shape index (κ2) is 10.5. The Kier molecular flexibility index (Phi) is 7.77. The second-order valence-corrected chi connectivity index (χ2v) is 7.76. The molecule has 0 spiro atoms. The van der Waals surface area contributed by atoms with Crippen molar-refractivity contribution >= 4 is 11.8 Å². The molecule has 0 saturated carbocycles. The van der Waals surface area contributed by atoms with Gasteiger partial charge in [-0.3, -0.25) is 9.59 Å². The van der Waals surface area contributed by atoms with Crippen LogP contribution in [0.15, 0.2) is 54.6 Å². The summed E-state index contributed by atoms with van der Waals surface area (Å²) < 4.78 is 44.8. The molecule has 1 aliphatic rings. The van der Waals surface area contributed by atoms with Crippen molar-refractivity contribution in [2.24, 2.45) is 0 Å². The average molecular weight is 448 g/mol.